The highest BCUT2D eigenvalue weighted by atomic mass is 35.5. The first-order chi connectivity index (χ1) is 14.2. The van der Waals surface area contributed by atoms with Crippen LogP contribution >= 0.6 is 24.2 Å². The van der Waals surface area contributed by atoms with Crippen molar-refractivity contribution >= 4 is 35.6 Å². The summed E-state index contributed by atoms with van der Waals surface area (Å²) in [6.07, 6.45) is 4.13. The largest absolute Gasteiger partial charge is 0.367 e. The maximum Gasteiger partial charge on any atom is 0.162 e. The van der Waals surface area contributed by atoms with Gasteiger partial charge in [-0.2, -0.15) is 0 Å². The van der Waals surface area contributed by atoms with Gasteiger partial charge in [-0.25, -0.2) is 0 Å². The maximum absolute atomic E-state index is 12.5. The number of ketones is 1. The average Bonchev–Trinajstić information content (AvgIpc) is 2.89. The van der Waals surface area contributed by atoms with Gasteiger partial charge in [-0.3, -0.25) is 4.79 Å². The van der Waals surface area contributed by atoms with Crippen LogP contribution in [-0.4, -0.2) is 48.7 Å². The number of benzene rings is 2. The summed E-state index contributed by atoms with van der Waals surface area (Å²) in [5, 5.41) is 0. The van der Waals surface area contributed by atoms with Crippen LogP contribution in [0.3, 0.4) is 0 Å². The Labute approximate surface area is 190 Å². The molecule has 3 aliphatic rings. The lowest BCUT2D eigenvalue weighted by Crippen LogP contribution is -2.46. The Morgan fingerprint density at radius 1 is 1.13 bits per heavy atom. The van der Waals surface area contributed by atoms with Crippen molar-refractivity contribution in [1.29, 1.82) is 0 Å². The van der Waals surface area contributed by atoms with Gasteiger partial charge in [0.15, 0.2) is 5.78 Å². The van der Waals surface area contributed by atoms with E-state index in [0.29, 0.717) is 18.4 Å². The summed E-state index contributed by atoms with van der Waals surface area (Å²) in [5.41, 5.74) is 5.18. The van der Waals surface area contributed by atoms with Crippen molar-refractivity contribution in [1.82, 2.24) is 4.90 Å². The number of anilines is 1. The number of piperidine rings is 1. The van der Waals surface area contributed by atoms with Crippen LogP contribution in [0.1, 0.15) is 53.1 Å². The normalized spacial score (nSPS) is 22.6. The molecule has 2 aromatic carbocycles. The standard InChI is InChI=1S/C25H30N2OS.ClH/c1-18-8-10-19(11-9-18)23(28)6-3-13-26-15-12-22-21(17-26)20-5-2-7-24-25(20)27(22)14-4-16-29-24;/h2,5,7-11,21-22H,3-4,6,12-17H2,1H3;1H/t21-,22-;/m0./s1. The number of carbonyl (C=O) groups is 1. The third kappa shape index (κ3) is 4.15. The van der Waals surface area contributed by atoms with Crippen molar-refractivity contribution in [2.45, 2.75) is 49.5 Å². The topological polar surface area (TPSA) is 23.6 Å². The zero-order valence-corrected chi connectivity index (χ0v) is 19.3. The molecular formula is C25H31ClN2OS. The van der Waals surface area contributed by atoms with E-state index in [1.54, 1.807) is 11.3 Å². The summed E-state index contributed by atoms with van der Waals surface area (Å²) in [7, 11) is 0. The fourth-order valence-corrected chi connectivity index (χ4v) is 6.40. The molecule has 3 heterocycles. The number of hydrogen-bond donors (Lipinski definition) is 0. The van der Waals surface area contributed by atoms with Gasteiger partial charge in [-0.1, -0.05) is 42.0 Å². The molecular weight excluding hydrogens is 412 g/mol. The summed E-state index contributed by atoms with van der Waals surface area (Å²) in [4.78, 5) is 19.3. The second-order valence-electron chi connectivity index (χ2n) is 8.75. The molecule has 1 saturated heterocycles. The minimum atomic E-state index is 0. The van der Waals surface area contributed by atoms with E-state index in [4.69, 9.17) is 0 Å². The number of nitrogens with zero attached hydrogens (tertiary/aromatic N) is 2. The second kappa shape index (κ2) is 9.33. The van der Waals surface area contributed by atoms with Gasteiger partial charge in [-0.15, -0.1) is 24.2 Å². The van der Waals surface area contributed by atoms with Crippen molar-refractivity contribution in [2.24, 2.45) is 0 Å². The summed E-state index contributed by atoms with van der Waals surface area (Å²) in [6, 6.07) is 15.6. The number of rotatable bonds is 5. The first-order valence-electron chi connectivity index (χ1n) is 11.1. The van der Waals surface area contributed by atoms with Gasteiger partial charge in [0.25, 0.3) is 0 Å². The van der Waals surface area contributed by atoms with Crippen molar-refractivity contribution in [2.75, 3.05) is 36.8 Å². The van der Waals surface area contributed by atoms with E-state index < -0.39 is 0 Å². The average molecular weight is 443 g/mol. The number of Topliss-reactive ketones (excluding diaryl/α,β-unsaturated/α-hetero) is 1. The van der Waals surface area contributed by atoms with Crippen LogP contribution in [0.15, 0.2) is 47.4 Å². The number of carbonyl (C=O) groups excluding carboxylic acids is 1. The van der Waals surface area contributed by atoms with E-state index >= 15 is 0 Å². The molecule has 0 aliphatic carbocycles. The Hall–Kier alpha value is -1.49. The minimum Gasteiger partial charge on any atom is -0.367 e. The molecule has 5 heteroatoms. The predicted molar refractivity (Wildman–Crippen MR) is 129 cm³/mol. The van der Waals surface area contributed by atoms with Crippen molar-refractivity contribution in [3.8, 4) is 0 Å². The first kappa shape index (κ1) is 21.7. The SMILES string of the molecule is Cc1ccc(C(=O)CCCN2CC[C@H]3[C@@H](C2)c2cccc4c2N3CCCS4)cc1.Cl. The van der Waals surface area contributed by atoms with E-state index in [0.717, 1.165) is 31.6 Å². The third-order valence-corrected chi connectivity index (χ3v) is 7.96. The van der Waals surface area contributed by atoms with E-state index in [-0.39, 0.29) is 18.2 Å². The number of fused-ring (bicyclic) bond motifs is 3. The van der Waals surface area contributed by atoms with Crippen molar-refractivity contribution in [3.63, 3.8) is 0 Å². The highest BCUT2D eigenvalue weighted by molar-refractivity contribution is 7.99. The Bertz CT molecular complexity index is 901. The van der Waals surface area contributed by atoms with Crippen LogP contribution in [0.25, 0.3) is 0 Å². The molecule has 0 radical (unpaired) electrons. The monoisotopic (exact) mass is 442 g/mol. The maximum atomic E-state index is 12.5. The van der Waals surface area contributed by atoms with Crippen molar-refractivity contribution in [3.05, 3.63) is 59.2 Å². The number of likely N-dealkylation sites (tertiary alicyclic amines) is 1. The molecule has 0 saturated carbocycles. The Morgan fingerprint density at radius 3 is 2.80 bits per heavy atom. The van der Waals surface area contributed by atoms with E-state index in [1.165, 1.54) is 35.6 Å². The molecule has 0 spiro atoms. The van der Waals surface area contributed by atoms with Crippen LogP contribution in [0.5, 0.6) is 0 Å². The Kier molecular flexibility index (Phi) is 6.76. The summed E-state index contributed by atoms with van der Waals surface area (Å²) >= 11 is 2.04. The minimum absolute atomic E-state index is 0. The molecule has 3 nitrogen and oxygen atoms in total. The molecule has 5 rings (SSSR count). The van der Waals surface area contributed by atoms with Gasteiger partial charge in [0, 0.05) is 48.5 Å². The molecule has 30 heavy (non-hydrogen) atoms. The summed E-state index contributed by atoms with van der Waals surface area (Å²) in [6.45, 7) is 6.60. The second-order valence-corrected chi connectivity index (χ2v) is 9.88. The third-order valence-electron chi connectivity index (χ3n) is 6.83. The molecule has 0 bridgehead atoms. The number of halogens is 1. The van der Waals surface area contributed by atoms with Gasteiger partial charge in [0.2, 0.25) is 0 Å². The van der Waals surface area contributed by atoms with E-state index in [1.807, 2.05) is 36.0 Å². The smallest absolute Gasteiger partial charge is 0.162 e. The molecule has 2 atom stereocenters. The van der Waals surface area contributed by atoms with Crippen LogP contribution in [0.2, 0.25) is 0 Å². The fraction of sp³-hybridized carbons (Fsp3) is 0.480. The molecule has 1 fully saturated rings. The first-order valence-corrected chi connectivity index (χ1v) is 12.0. The lowest BCUT2D eigenvalue weighted by molar-refractivity contribution is 0.0971. The molecule has 0 N–H and O–H groups in total. The molecule has 2 aromatic rings. The zero-order valence-electron chi connectivity index (χ0n) is 17.7. The number of hydrogen-bond acceptors (Lipinski definition) is 4. The van der Waals surface area contributed by atoms with Crippen LogP contribution < -0.4 is 4.90 Å². The summed E-state index contributed by atoms with van der Waals surface area (Å²) < 4.78 is 0. The lowest BCUT2D eigenvalue weighted by Gasteiger charge is -2.39. The van der Waals surface area contributed by atoms with Gasteiger partial charge in [-0.05, 0) is 50.1 Å². The quantitative estimate of drug-likeness (QED) is 0.566. The van der Waals surface area contributed by atoms with Gasteiger partial charge in [0.05, 0.1) is 5.69 Å². The fourth-order valence-electron chi connectivity index (χ4n) is 5.36. The van der Waals surface area contributed by atoms with Crippen LogP contribution in [-0.2, 0) is 0 Å². The highest BCUT2D eigenvalue weighted by Gasteiger charge is 2.43. The van der Waals surface area contributed by atoms with Crippen LogP contribution in [0, 0.1) is 6.92 Å². The number of para-hydroxylation sites is 1. The highest BCUT2D eigenvalue weighted by Crippen LogP contribution is 2.50. The molecule has 0 amide bonds. The van der Waals surface area contributed by atoms with Gasteiger partial charge < -0.3 is 9.80 Å². The van der Waals surface area contributed by atoms with E-state index in [2.05, 4.69) is 34.9 Å². The Balaban J connectivity index is 0.00000218. The predicted octanol–water partition coefficient (Wildman–Crippen LogP) is 5.55. The number of aryl methyl sites for hydroxylation is 1. The summed E-state index contributed by atoms with van der Waals surface area (Å²) in [5.74, 6) is 2.15. The molecule has 160 valence electrons. The molecule has 0 unspecified atom stereocenters. The molecule has 3 aliphatic heterocycles. The van der Waals surface area contributed by atoms with Crippen LogP contribution in [0.4, 0.5) is 5.69 Å². The van der Waals surface area contributed by atoms with Gasteiger partial charge in [0.1, 0.15) is 0 Å². The number of thioether (sulfide) groups is 1. The van der Waals surface area contributed by atoms with E-state index in [9.17, 15) is 4.79 Å². The molecule has 0 aromatic heterocycles. The van der Waals surface area contributed by atoms with Crippen molar-refractivity contribution < 1.29 is 4.79 Å². The lowest BCUT2D eigenvalue weighted by atomic mass is 9.89. The zero-order chi connectivity index (χ0) is 19.8. The van der Waals surface area contributed by atoms with Gasteiger partial charge >= 0.3 is 0 Å². The Morgan fingerprint density at radius 2 is 1.97 bits per heavy atom.